The van der Waals surface area contributed by atoms with Gasteiger partial charge in [0.05, 0.1) is 23.9 Å². The number of nitrogens with one attached hydrogen (secondary N) is 1. The second kappa shape index (κ2) is 10.7. The Hall–Kier alpha value is -4.54. The van der Waals surface area contributed by atoms with E-state index in [2.05, 4.69) is 25.6 Å². The number of hydrogen-bond acceptors (Lipinski definition) is 7. The maximum Gasteiger partial charge on any atom is 0.262 e. The van der Waals surface area contributed by atoms with Crippen LogP contribution in [-0.2, 0) is 0 Å². The van der Waals surface area contributed by atoms with E-state index in [4.69, 9.17) is 5.11 Å². The van der Waals surface area contributed by atoms with Crippen LogP contribution >= 0.6 is 0 Å². The van der Waals surface area contributed by atoms with Gasteiger partial charge in [0.1, 0.15) is 17.2 Å². The van der Waals surface area contributed by atoms with Crippen LogP contribution in [-0.4, -0.2) is 61.7 Å². The summed E-state index contributed by atoms with van der Waals surface area (Å²) in [5, 5.41) is 22.3. The first kappa shape index (κ1) is 24.8. The molecule has 6 rings (SSSR count). The van der Waals surface area contributed by atoms with Crippen molar-refractivity contribution in [1.29, 1.82) is 0 Å². The van der Waals surface area contributed by atoms with E-state index in [1.54, 1.807) is 41.6 Å². The number of benzene rings is 2. The van der Waals surface area contributed by atoms with E-state index in [9.17, 15) is 4.79 Å². The van der Waals surface area contributed by atoms with E-state index >= 15 is 4.39 Å². The van der Waals surface area contributed by atoms with Crippen LogP contribution in [0.5, 0.6) is 0 Å². The van der Waals surface area contributed by atoms with Gasteiger partial charge < -0.3 is 10.4 Å². The van der Waals surface area contributed by atoms with Crippen LogP contribution in [0.4, 0.5) is 10.2 Å². The number of aromatic nitrogens is 5. The third-order valence-electron chi connectivity index (χ3n) is 6.90. The molecule has 10 heteroatoms. The second-order valence-corrected chi connectivity index (χ2v) is 9.39. The molecule has 5 aromatic rings. The Morgan fingerprint density at radius 1 is 1.15 bits per heavy atom. The number of fused-ring (bicyclic) bond motifs is 2. The van der Waals surface area contributed by atoms with E-state index in [1.165, 1.54) is 16.8 Å². The maximum atomic E-state index is 15.6. The van der Waals surface area contributed by atoms with E-state index < -0.39 is 11.7 Å². The fourth-order valence-corrected chi connectivity index (χ4v) is 5.03. The number of aliphatic hydroxyl groups is 1. The molecule has 2 N–H and O–H groups in total. The number of halogens is 1. The lowest BCUT2D eigenvalue weighted by Gasteiger charge is -2.34. The van der Waals surface area contributed by atoms with Gasteiger partial charge in [-0.1, -0.05) is 29.5 Å². The predicted molar refractivity (Wildman–Crippen MR) is 147 cm³/mol. The zero-order valence-corrected chi connectivity index (χ0v) is 21.0. The number of carbonyl (C=O) groups is 1. The maximum absolute atomic E-state index is 15.6. The minimum Gasteiger partial charge on any atom is -0.392 e. The van der Waals surface area contributed by atoms with Gasteiger partial charge in [0.15, 0.2) is 5.65 Å². The van der Waals surface area contributed by atoms with Gasteiger partial charge in [-0.2, -0.15) is 4.68 Å². The van der Waals surface area contributed by atoms with Gasteiger partial charge in [-0.05, 0) is 66.7 Å². The first-order chi connectivity index (χ1) is 19.1. The van der Waals surface area contributed by atoms with Crippen LogP contribution in [0, 0.1) is 5.82 Å². The first-order valence-electron chi connectivity index (χ1n) is 12.8. The van der Waals surface area contributed by atoms with Crippen LogP contribution in [0.3, 0.4) is 0 Å². The summed E-state index contributed by atoms with van der Waals surface area (Å²) >= 11 is 0. The van der Waals surface area contributed by atoms with E-state index in [0.29, 0.717) is 29.2 Å². The van der Waals surface area contributed by atoms with Crippen molar-refractivity contribution in [3.05, 3.63) is 90.0 Å². The molecule has 4 heterocycles. The summed E-state index contributed by atoms with van der Waals surface area (Å²) in [5.74, 6) is -0.639. The van der Waals surface area contributed by atoms with Gasteiger partial charge in [-0.3, -0.25) is 9.69 Å². The van der Waals surface area contributed by atoms with Crippen LogP contribution in [0.25, 0.3) is 33.7 Å². The topological polar surface area (TPSA) is 109 Å². The van der Waals surface area contributed by atoms with E-state index in [0.717, 1.165) is 35.7 Å². The molecule has 39 heavy (non-hydrogen) atoms. The Kier molecular flexibility index (Phi) is 6.78. The van der Waals surface area contributed by atoms with Crippen molar-refractivity contribution < 1.29 is 14.3 Å². The molecule has 1 aliphatic rings. The molecule has 1 saturated heterocycles. The SMILES string of the molecule is O=C(c1ccc(-n2nnc3cccnc32)cc1F)N(c1nccc2cc(C=CCO)ccc12)[C@@H]1CCCNC1. The Bertz CT molecular complexity index is 1690. The lowest BCUT2D eigenvalue weighted by Crippen LogP contribution is -2.49. The molecule has 1 fully saturated rings. The summed E-state index contributed by atoms with van der Waals surface area (Å²) in [5.41, 5.74) is 2.37. The molecule has 0 aliphatic carbocycles. The molecule has 1 aliphatic heterocycles. The summed E-state index contributed by atoms with van der Waals surface area (Å²) in [6, 6.07) is 15.4. The number of aliphatic hydroxyl groups excluding tert-OH is 1. The largest absolute Gasteiger partial charge is 0.392 e. The fourth-order valence-electron chi connectivity index (χ4n) is 5.03. The molecule has 0 radical (unpaired) electrons. The van der Waals surface area contributed by atoms with Crippen molar-refractivity contribution in [2.75, 3.05) is 24.6 Å². The van der Waals surface area contributed by atoms with E-state index in [-0.39, 0.29) is 18.2 Å². The van der Waals surface area contributed by atoms with Crippen LogP contribution in [0.1, 0.15) is 28.8 Å². The molecule has 3 aromatic heterocycles. The number of pyridine rings is 2. The molecule has 2 aromatic carbocycles. The van der Waals surface area contributed by atoms with Gasteiger partial charge in [0.25, 0.3) is 5.91 Å². The lowest BCUT2D eigenvalue weighted by atomic mass is 10.0. The first-order valence-corrected chi connectivity index (χ1v) is 12.8. The third-order valence-corrected chi connectivity index (χ3v) is 6.90. The van der Waals surface area contributed by atoms with Crippen LogP contribution in [0.15, 0.2) is 73.1 Å². The Labute approximate surface area is 223 Å². The highest BCUT2D eigenvalue weighted by atomic mass is 19.1. The van der Waals surface area contributed by atoms with Gasteiger partial charge in [0, 0.05) is 30.4 Å². The summed E-state index contributed by atoms with van der Waals surface area (Å²) in [4.78, 5) is 24.6. The van der Waals surface area contributed by atoms with E-state index in [1.807, 2.05) is 30.3 Å². The monoisotopic (exact) mass is 523 g/mol. The van der Waals surface area contributed by atoms with Crippen molar-refractivity contribution in [3.8, 4) is 5.69 Å². The highest BCUT2D eigenvalue weighted by Gasteiger charge is 2.31. The summed E-state index contributed by atoms with van der Waals surface area (Å²) in [6.45, 7) is 1.40. The summed E-state index contributed by atoms with van der Waals surface area (Å²) in [7, 11) is 0. The number of amides is 1. The Morgan fingerprint density at radius 3 is 2.90 bits per heavy atom. The Balaban J connectivity index is 1.41. The third kappa shape index (κ3) is 4.75. The lowest BCUT2D eigenvalue weighted by molar-refractivity contribution is 0.0968. The number of anilines is 1. The van der Waals surface area contributed by atoms with Crippen molar-refractivity contribution in [1.82, 2.24) is 30.3 Å². The number of carbonyl (C=O) groups excluding carboxylic acids is 1. The second-order valence-electron chi connectivity index (χ2n) is 9.39. The average Bonchev–Trinajstić information content (AvgIpc) is 3.41. The number of piperidine rings is 1. The van der Waals surface area contributed by atoms with Gasteiger partial charge >= 0.3 is 0 Å². The van der Waals surface area contributed by atoms with Gasteiger partial charge in [0.2, 0.25) is 0 Å². The average molecular weight is 524 g/mol. The molecule has 1 atom stereocenters. The normalized spacial score (nSPS) is 15.8. The minimum absolute atomic E-state index is 0.0510. The minimum atomic E-state index is -0.664. The summed E-state index contributed by atoms with van der Waals surface area (Å²) in [6.07, 6.45) is 8.44. The van der Waals surface area contributed by atoms with Gasteiger partial charge in [-0.25, -0.2) is 14.4 Å². The molecular weight excluding hydrogens is 497 g/mol. The highest BCUT2D eigenvalue weighted by Crippen LogP contribution is 2.31. The summed E-state index contributed by atoms with van der Waals surface area (Å²) < 4.78 is 17.1. The standard InChI is InChI=1S/C29H26FN7O2/c30-25-17-21(37-28-26(34-35-37)6-2-13-32-28)8-10-24(25)29(39)36(22-5-1-12-31-18-22)27-23-9-7-19(4-3-15-38)16-20(23)11-14-33-27/h2-4,6-11,13-14,16-17,22,31,38H,1,5,12,15,18H2/t22-/m1/s1. The van der Waals surface area contributed by atoms with Crippen molar-refractivity contribution in [2.45, 2.75) is 18.9 Å². The molecule has 1 amide bonds. The zero-order valence-electron chi connectivity index (χ0n) is 21.0. The van der Waals surface area contributed by atoms with Crippen molar-refractivity contribution >= 4 is 39.7 Å². The molecular formula is C29H26FN7O2. The fraction of sp³-hybridized carbons (Fsp3) is 0.207. The van der Waals surface area contributed by atoms with Gasteiger partial charge in [-0.15, -0.1) is 5.10 Å². The number of nitrogens with zero attached hydrogens (tertiary/aromatic N) is 6. The molecule has 0 bridgehead atoms. The molecule has 0 unspecified atom stereocenters. The highest BCUT2D eigenvalue weighted by molar-refractivity contribution is 6.10. The van der Waals surface area contributed by atoms with Crippen LogP contribution in [0.2, 0.25) is 0 Å². The van der Waals surface area contributed by atoms with Crippen molar-refractivity contribution in [2.24, 2.45) is 0 Å². The number of rotatable bonds is 6. The predicted octanol–water partition coefficient (Wildman–Crippen LogP) is 3.91. The molecule has 0 spiro atoms. The number of hydrogen-bond donors (Lipinski definition) is 2. The smallest absolute Gasteiger partial charge is 0.262 e. The zero-order chi connectivity index (χ0) is 26.8. The van der Waals surface area contributed by atoms with Crippen LogP contribution < -0.4 is 10.2 Å². The quantitative estimate of drug-likeness (QED) is 0.347. The molecule has 0 saturated carbocycles. The van der Waals surface area contributed by atoms with Crippen molar-refractivity contribution in [3.63, 3.8) is 0 Å². The molecule has 9 nitrogen and oxygen atoms in total. The molecule has 196 valence electrons. The Morgan fingerprint density at radius 2 is 2.08 bits per heavy atom.